The second-order valence-corrected chi connectivity index (χ2v) is 14.8. The van der Waals surface area contributed by atoms with Crippen LogP contribution in [0.2, 0.25) is 0 Å². The minimum absolute atomic E-state index is 0.0462. The molecule has 0 atom stereocenters. The van der Waals surface area contributed by atoms with E-state index in [1.54, 1.807) is 18.2 Å². The second-order valence-electron chi connectivity index (χ2n) is 14.8. The number of methoxy groups -OCH3 is 2. The van der Waals surface area contributed by atoms with Crippen molar-refractivity contribution in [3.63, 3.8) is 0 Å². The second kappa shape index (κ2) is 26.5. The Labute approximate surface area is 352 Å². The smallest absolute Gasteiger partial charge is 0.333 e. The number of benzene rings is 2. The molecular formula is C46H61FO13. The van der Waals surface area contributed by atoms with E-state index in [1.807, 2.05) is 19.1 Å². The molecule has 60 heavy (non-hydrogen) atoms. The highest BCUT2D eigenvalue weighted by molar-refractivity contribution is 5.91. The maximum Gasteiger partial charge on any atom is 0.333 e. The molecule has 0 saturated heterocycles. The minimum atomic E-state index is -1.61. The minimum Gasteiger partial charge on any atom is -0.492 e. The van der Waals surface area contributed by atoms with Crippen LogP contribution in [-0.2, 0) is 76.5 Å². The fourth-order valence-corrected chi connectivity index (χ4v) is 5.90. The lowest BCUT2D eigenvalue weighted by molar-refractivity contribution is -0.165. The third-order valence-electron chi connectivity index (χ3n) is 9.49. The van der Waals surface area contributed by atoms with Crippen molar-refractivity contribution in [2.45, 2.75) is 105 Å². The Morgan fingerprint density at radius 3 is 1.73 bits per heavy atom. The summed E-state index contributed by atoms with van der Waals surface area (Å²) in [5.74, 6) is -5.10. The number of ether oxygens (including phenoxy) is 7. The molecule has 0 radical (unpaired) electrons. The van der Waals surface area contributed by atoms with Gasteiger partial charge >= 0.3 is 35.8 Å². The predicted molar refractivity (Wildman–Crippen MR) is 221 cm³/mol. The Morgan fingerprint density at radius 1 is 0.617 bits per heavy atom. The number of hydrogen-bond donors (Lipinski definition) is 0. The van der Waals surface area contributed by atoms with Crippen LogP contribution in [-0.4, -0.2) is 83.1 Å². The molecule has 0 aliphatic heterocycles. The number of hydrogen-bond acceptors (Lipinski definition) is 13. The van der Waals surface area contributed by atoms with Gasteiger partial charge in [-0.3, -0.25) is 19.2 Å². The first kappa shape index (κ1) is 50.6. The third-order valence-corrected chi connectivity index (χ3v) is 9.49. The van der Waals surface area contributed by atoms with Gasteiger partial charge < -0.3 is 33.2 Å². The molecule has 0 aromatic heterocycles. The van der Waals surface area contributed by atoms with Gasteiger partial charge in [0.25, 0.3) is 0 Å². The standard InChI is InChI=1S/C46H61FO13/c1-9-11-12-13-14-15-17-33-19-20-36(38(47)22-33)37-23-35(18-16-21-56-44(52)31(3)4)39(24-34(37)10-2)57-27-46(30-60-45(53)32(5)6,28-58-42(50)25-40(48)54-7)29-59-43(51)26-41(49)55-8/h19-20,22-24H,3,5,9-18,21,25-30H2,1-2,4,6-8H3. The van der Waals surface area contributed by atoms with E-state index in [0.717, 1.165) is 51.0 Å². The number of aryl methyl sites for hydroxylation is 3. The number of carbonyl (C=O) groups is 6. The largest absolute Gasteiger partial charge is 0.492 e. The van der Waals surface area contributed by atoms with Crippen molar-refractivity contribution in [2.24, 2.45) is 5.41 Å². The predicted octanol–water partition coefficient (Wildman–Crippen LogP) is 7.71. The fourth-order valence-electron chi connectivity index (χ4n) is 5.90. The quantitative estimate of drug-likeness (QED) is 0.0269. The molecular weight excluding hydrogens is 779 g/mol. The summed E-state index contributed by atoms with van der Waals surface area (Å²) in [4.78, 5) is 73.7. The van der Waals surface area contributed by atoms with E-state index in [9.17, 15) is 28.8 Å². The number of esters is 6. The summed E-state index contributed by atoms with van der Waals surface area (Å²) in [5, 5.41) is 0. The Kier molecular flexibility index (Phi) is 22.4. The van der Waals surface area contributed by atoms with Crippen molar-refractivity contribution in [3.05, 3.63) is 77.1 Å². The van der Waals surface area contributed by atoms with Crippen LogP contribution in [0.5, 0.6) is 5.75 Å². The van der Waals surface area contributed by atoms with Crippen molar-refractivity contribution in [1.82, 2.24) is 0 Å². The van der Waals surface area contributed by atoms with Crippen LogP contribution in [0.25, 0.3) is 11.1 Å². The van der Waals surface area contributed by atoms with Crippen LogP contribution in [0.15, 0.2) is 54.6 Å². The van der Waals surface area contributed by atoms with Crippen LogP contribution in [0, 0.1) is 11.2 Å². The monoisotopic (exact) mass is 840 g/mol. The van der Waals surface area contributed by atoms with E-state index in [4.69, 9.17) is 23.7 Å². The summed E-state index contributed by atoms with van der Waals surface area (Å²) < 4.78 is 53.2. The van der Waals surface area contributed by atoms with E-state index < -0.39 is 80.5 Å². The van der Waals surface area contributed by atoms with Crippen LogP contribution in [0.1, 0.15) is 102 Å². The van der Waals surface area contributed by atoms with Crippen LogP contribution in [0.3, 0.4) is 0 Å². The molecule has 0 bridgehead atoms. The van der Waals surface area contributed by atoms with Crippen LogP contribution < -0.4 is 4.74 Å². The van der Waals surface area contributed by atoms with E-state index in [-0.39, 0.29) is 23.6 Å². The normalized spacial score (nSPS) is 10.9. The first-order valence-corrected chi connectivity index (χ1v) is 20.3. The summed E-state index contributed by atoms with van der Waals surface area (Å²) >= 11 is 0. The molecule has 2 rings (SSSR count). The summed E-state index contributed by atoms with van der Waals surface area (Å²) in [5.41, 5.74) is 1.96. The van der Waals surface area contributed by atoms with Gasteiger partial charge in [0.1, 0.15) is 56.3 Å². The molecule has 0 saturated carbocycles. The SMILES string of the molecule is C=C(C)C(=O)OCCCc1cc(-c2ccc(CCCCCCCC)cc2F)c(CC)cc1OCC(COC(=O)CC(=O)OC)(COC(=O)CC(=O)OC)COC(=O)C(=C)C. The highest BCUT2D eigenvalue weighted by Gasteiger charge is 2.38. The fraction of sp³-hybridized carbons (Fsp3) is 0.522. The van der Waals surface area contributed by atoms with E-state index in [2.05, 4.69) is 29.6 Å². The topological polar surface area (TPSA) is 167 Å². The molecule has 0 fully saturated rings. The summed E-state index contributed by atoms with van der Waals surface area (Å²) in [7, 11) is 2.20. The van der Waals surface area contributed by atoms with Gasteiger partial charge in [-0.15, -0.1) is 0 Å². The molecule has 0 unspecified atom stereocenters. The van der Waals surface area contributed by atoms with Gasteiger partial charge in [0.05, 0.1) is 20.8 Å². The number of unbranched alkanes of at least 4 members (excludes halogenated alkanes) is 5. The Bertz CT molecular complexity index is 1780. The lowest BCUT2D eigenvalue weighted by Gasteiger charge is -2.32. The van der Waals surface area contributed by atoms with E-state index >= 15 is 4.39 Å². The van der Waals surface area contributed by atoms with Gasteiger partial charge in [-0.25, -0.2) is 14.0 Å². The first-order chi connectivity index (χ1) is 28.6. The van der Waals surface area contributed by atoms with Gasteiger partial charge in [-0.1, -0.05) is 71.2 Å². The molecule has 0 amide bonds. The lowest BCUT2D eigenvalue weighted by atomic mass is 9.91. The zero-order valence-corrected chi connectivity index (χ0v) is 36.0. The van der Waals surface area contributed by atoms with Gasteiger partial charge in [0.15, 0.2) is 0 Å². The molecule has 0 aliphatic rings. The lowest BCUT2D eigenvalue weighted by Crippen LogP contribution is -2.44. The molecule has 0 N–H and O–H groups in total. The summed E-state index contributed by atoms with van der Waals surface area (Å²) in [6.07, 6.45) is 7.19. The molecule has 0 spiro atoms. The molecule has 2 aromatic carbocycles. The van der Waals surface area contributed by atoms with Crippen LogP contribution in [0.4, 0.5) is 4.39 Å². The first-order valence-electron chi connectivity index (χ1n) is 20.3. The Balaban J connectivity index is 2.61. The van der Waals surface area contributed by atoms with Crippen molar-refractivity contribution >= 4 is 35.8 Å². The molecule has 330 valence electrons. The van der Waals surface area contributed by atoms with Gasteiger partial charge in [0, 0.05) is 16.7 Å². The summed E-state index contributed by atoms with van der Waals surface area (Å²) in [6.45, 7) is 12.2. The van der Waals surface area contributed by atoms with Crippen LogP contribution >= 0.6 is 0 Å². The summed E-state index contributed by atoms with van der Waals surface area (Å²) in [6, 6.07) is 8.86. The molecule has 0 heterocycles. The highest BCUT2D eigenvalue weighted by Crippen LogP contribution is 2.35. The van der Waals surface area contributed by atoms with Gasteiger partial charge in [0.2, 0.25) is 0 Å². The maximum absolute atomic E-state index is 16.0. The van der Waals surface area contributed by atoms with Gasteiger partial charge in [-0.05, 0) is 86.4 Å². The highest BCUT2D eigenvalue weighted by atomic mass is 19.1. The molecule has 14 heteroatoms. The third kappa shape index (κ3) is 17.8. The van der Waals surface area contributed by atoms with E-state index in [0.29, 0.717) is 41.7 Å². The average Bonchev–Trinajstić information content (AvgIpc) is 3.22. The average molecular weight is 841 g/mol. The molecule has 2 aromatic rings. The van der Waals surface area contributed by atoms with E-state index in [1.165, 1.54) is 33.1 Å². The van der Waals surface area contributed by atoms with Gasteiger partial charge in [-0.2, -0.15) is 0 Å². The Morgan fingerprint density at radius 2 is 1.18 bits per heavy atom. The Hall–Kier alpha value is -5.53. The number of rotatable bonds is 28. The van der Waals surface area contributed by atoms with Crippen molar-refractivity contribution in [3.8, 4) is 16.9 Å². The number of halogens is 1. The zero-order chi connectivity index (χ0) is 44.7. The van der Waals surface area contributed by atoms with Crippen molar-refractivity contribution in [2.75, 3.05) is 47.3 Å². The zero-order valence-electron chi connectivity index (χ0n) is 36.0. The van der Waals surface area contributed by atoms with Crippen molar-refractivity contribution < 1.29 is 66.3 Å². The molecule has 13 nitrogen and oxygen atoms in total. The molecule has 0 aliphatic carbocycles. The van der Waals surface area contributed by atoms with Crippen molar-refractivity contribution in [1.29, 1.82) is 0 Å². The maximum atomic E-state index is 16.0. The number of carbonyl (C=O) groups excluding carboxylic acids is 6.